The first-order valence-corrected chi connectivity index (χ1v) is 7.19. The minimum absolute atomic E-state index is 0.0412. The lowest BCUT2D eigenvalue weighted by Crippen LogP contribution is -2.19. The zero-order valence-electron chi connectivity index (χ0n) is 14.0. The van der Waals surface area contributed by atoms with E-state index in [0.29, 0.717) is 6.20 Å². The molecule has 0 unspecified atom stereocenters. The number of carbonyl (C=O) groups is 1. The van der Waals surface area contributed by atoms with Crippen LogP contribution in [0.5, 0.6) is 5.75 Å². The van der Waals surface area contributed by atoms with Crippen LogP contribution in [0.25, 0.3) is 0 Å². The Morgan fingerprint density at radius 3 is 2.46 bits per heavy atom. The van der Waals surface area contributed by atoms with Gasteiger partial charge in [-0.05, 0) is 6.07 Å². The molecular formula is C15H15F4N5O2. The van der Waals surface area contributed by atoms with Crippen molar-refractivity contribution < 1.29 is 27.1 Å². The van der Waals surface area contributed by atoms with Crippen LogP contribution in [0.2, 0.25) is 0 Å². The number of carbonyl (C=O) groups excluding carboxylic acids is 1. The standard InChI is InChI=1S/C15H15F4N5O2/c1-20-12-8(15(17,18)19)6-22-14(24-12)23-10-5-9(16)7(13(25)21-2)4-11(10)26-3/h4-6H,1-3H3,(H,21,25)(H2,20,22,23,24). The number of nitrogens with zero attached hydrogens (tertiary/aromatic N) is 2. The average Bonchev–Trinajstić information content (AvgIpc) is 2.60. The van der Waals surface area contributed by atoms with E-state index in [1.54, 1.807) is 0 Å². The number of alkyl halides is 3. The van der Waals surface area contributed by atoms with Crippen LogP contribution >= 0.6 is 0 Å². The number of ether oxygens (including phenoxy) is 1. The maximum absolute atomic E-state index is 14.1. The van der Waals surface area contributed by atoms with Crippen LogP contribution in [0.1, 0.15) is 15.9 Å². The predicted molar refractivity (Wildman–Crippen MR) is 86.2 cm³/mol. The van der Waals surface area contributed by atoms with Crippen molar-refractivity contribution in [3.63, 3.8) is 0 Å². The van der Waals surface area contributed by atoms with Gasteiger partial charge in [-0.3, -0.25) is 4.79 Å². The van der Waals surface area contributed by atoms with Gasteiger partial charge < -0.3 is 20.7 Å². The number of nitrogens with one attached hydrogen (secondary N) is 3. The van der Waals surface area contributed by atoms with Gasteiger partial charge in [0.15, 0.2) is 0 Å². The lowest BCUT2D eigenvalue weighted by molar-refractivity contribution is -0.137. The zero-order chi connectivity index (χ0) is 19.5. The van der Waals surface area contributed by atoms with Gasteiger partial charge in [-0.1, -0.05) is 0 Å². The molecule has 2 rings (SSSR count). The first-order valence-electron chi connectivity index (χ1n) is 7.19. The normalized spacial score (nSPS) is 11.0. The molecule has 7 nitrogen and oxygen atoms in total. The second kappa shape index (κ2) is 7.42. The molecule has 0 saturated carbocycles. The second-order valence-electron chi connectivity index (χ2n) is 4.94. The molecule has 11 heteroatoms. The molecule has 0 aliphatic carbocycles. The zero-order valence-corrected chi connectivity index (χ0v) is 14.0. The minimum atomic E-state index is -4.63. The molecule has 2 aromatic rings. The summed E-state index contributed by atoms with van der Waals surface area (Å²) in [5.41, 5.74) is -1.25. The maximum atomic E-state index is 14.1. The number of methoxy groups -OCH3 is 1. The van der Waals surface area contributed by atoms with Crippen molar-refractivity contribution in [2.45, 2.75) is 6.18 Å². The highest BCUT2D eigenvalue weighted by Gasteiger charge is 2.35. The van der Waals surface area contributed by atoms with Gasteiger partial charge in [-0.25, -0.2) is 9.37 Å². The van der Waals surface area contributed by atoms with Gasteiger partial charge in [-0.2, -0.15) is 18.2 Å². The molecule has 1 aromatic heterocycles. The Kier molecular flexibility index (Phi) is 5.48. The molecular weight excluding hydrogens is 358 g/mol. The Bertz CT molecular complexity index is 826. The first kappa shape index (κ1) is 19.2. The van der Waals surface area contributed by atoms with Crippen molar-refractivity contribution in [1.82, 2.24) is 15.3 Å². The molecule has 3 N–H and O–H groups in total. The third-order valence-corrected chi connectivity index (χ3v) is 3.34. The smallest absolute Gasteiger partial charge is 0.421 e. The number of anilines is 3. The topological polar surface area (TPSA) is 88.2 Å². The largest absolute Gasteiger partial charge is 0.495 e. The van der Waals surface area contributed by atoms with Crippen LogP contribution in [0.15, 0.2) is 18.3 Å². The summed E-state index contributed by atoms with van der Waals surface area (Å²) in [6.07, 6.45) is -4.03. The van der Waals surface area contributed by atoms with Crippen LogP contribution in [0.4, 0.5) is 35.0 Å². The number of hydrogen-bond donors (Lipinski definition) is 3. The molecule has 1 heterocycles. The molecule has 0 aliphatic rings. The van der Waals surface area contributed by atoms with Crippen LogP contribution in [-0.2, 0) is 6.18 Å². The number of rotatable bonds is 5. The lowest BCUT2D eigenvalue weighted by atomic mass is 10.1. The van der Waals surface area contributed by atoms with Gasteiger partial charge >= 0.3 is 6.18 Å². The van der Waals surface area contributed by atoms with E-state index in [-0.39, 0.29) is 22.9 Å². The van der Waals surface area contributed by atoms with Crippen LogP contribution in [0, 0.1) is 5.82 Å². The van der Waals surface area contributed by atoms with E-state index in [0.717, 1.165) is 12.1 Å². The predicted octanol–water partition coefficient (Wildman–Crippen LogP) is 2.79. The summed E-state index contributed by atoms with van der Waals surface area (Å²) >= 11 is 0. The highest BCUT2D eigenvalue weighted by Crippen LogP contribution is 2.35. The Morgan fingerprint density at radius 1 is 1.23 bits per heavy atom. The second-order valence-corrected chi connectivity index (χ2v) is 4.94. The number of amides is 1. The Labute approximate surface area is 145 Å². The fourth-order valence-electron chi connectivity index (χ4n) is 2.09. The van der Waals surface area contributed by atoms with Crippen molar-refractivity contribution in [1.29, 1.82) is 0 Å². The van der Waals surface area contributed by atoms with Gasteiger partial charge in [0.1, 0.15) is 22.9 Å². The first-order chi connectivity index (χ1) is 12.2. The van der Waals surface area contributed by atoms with Crippen LogP contribution in [0.3, 0.4) is 0 Å². The summed E-state index contributed by atoms with van der Waals surface area (Å²) in [6.45, 7) is 0. The van der Waals surface area contributed by atoms with Crippen molar-refractivity contribution in [3.05, 3.63) is 35.3 Å². The molecule has 0 radical (unpaired) electrons. The van der Waals surface area contributed by atoms with E-state index in [1.165, 1.54) is 21.2 Å². The molecule has 0 bridgehead atoms. The van der Waals surface area contributed by atoms with Crippen molar-refractivity contribution in [2.75, 3.05) is 31.8 Å². The van der Waals surface area contributed by atoms with Crippen molar-refractivity contribution in [2.24, 2.45) is 0 Å². The van der Waals surface area contributed by atoms with E-state index in [9.17, 15) is 22.4 Å². The summed E-state index contributed by atoms with van der Waals surface area (Å²) in [5, 5.41) is 7.19. The summed E-state index contributed by atoms with van der Waals surface area (Å²) in [7, 11) is 3.91. The molecule has 0 spiro atoms. The molecule has 26 heavy (non-hydrogen) atoms. The molecule has 140 valence electrons. The summed E-state index contributed by atoms with van der Waals surface area (Å²) in [5.74, 6) is -2.09. The fourth-order valence-corrected chi connectivity index (χ4v) is 2.09. The molecule has 0 aliphatic heterocycles. The van der Waals surface area contributed by atoms with Crippen LogP contribution < -0.4 is 20.7 Å². The molecule has 0 saturated heterocycles. The monoisotopic (exact) mass is 373 g/mol. The third-order valence-electron chi connectivity index (χ3n) is 3.34. The lowest BCUT2D eigenvalue weighted by Gasteiger charge is -2.15. The summed E-state index contributed by atoms with van der Waals surface area (Å²) < 4.78 is 57.8. The highest BCUT2D eigenvalue weighted by molar-refractivity contribution is 5.95. The highest BCUT2D eigenvalue weighted by atomic mass is 19.4. The Hall–Kier alpha value is -3.11. The van der Waals surface area contributed by atoms with Gasteiger partial charge in [0, 0.05) is 26.4 Å². The van der Waals surface area contributed by atoms with Crippen molar-refractivity contribution >= 4 is 23.4 Å². The van der Waals surface area contributed by atoms with E-state index in [4.69, 9.17) is 4.74 Å². The molecule has 0 fully saturated rings. The Balaban J connectivity index is 2.42. The number of benzene rings is 1. The third kappa shape index (κ3) is 3.92. The Morgan fingerprint density at radius 2 is 1.92 bits per heavy atom. The average molecular weight is 373 g/mol. The van der Waals surface area contributed by atoms with E-state index in [2.05, 4.69) is 25.9 Å². The molecule has 0 atom stereocenters. The summed E-state index contributed by atoms with van der Waals surface area (Å²) in [4.78, 5) is 18.9. The van der Waals surface area contributed by atoms with Gasteiger partial charge in [-0.15, -0.1) is 0 Å². The molecule has 1 amide bonds. The number of hydrogen-bond acceptors (Lipinski definition) is 6. The van der Waals surface area contributed by atoms with E-state index in [1.807, 2.05) is 0 Å². The quantitative estimate of drug-likeness (QED) is 0.699. The number of aromatic nitrogens is 2. The van der Waals surface area contributed by atoms with Gasteiger partial charge in [0.2, 0.25) is 5.95 Å². The molecule has 1 aromatic carbocycles. The van der Waals surface area contributed by atoms with E-state index >= 15 is 0 Å². The number of halogens is 4. The van der Waals surface area contributed by atoms with Gasteiger partial charge in [0.05, 0.1) is 18.4 Å². The fraction of sp³-hybridized carbons (Fsp3) is 0.267. The maximum Gasteiger partial charge on any atom is 0.421 e. The minimum Gasteiger partial charge on any atom is -0.495 e. The summed E-state index contributed by atoms with van der Waals surface area (Å²) in [6, 6.07) is 2.11. The van der Waals surface area contributed by atoms with E-state index < -0.39 is 29.3 Å². The van der Waals surface area contributed by atoms with Crippen molar-refractivity contribution in [3.8, 4) is 5.75 Å². The SMILES string of the molecule is CNC(=O)c1cc(OC)c(Nc2ncc(C(F)(F)F)c(NC)n2)cc1F. The van der Waals surface area contributed by atoms with Gasteiger partial charge in [0.25, 0.3) is 5.91 Å². The van der Waals surface area contributed by atoms with Crippen LogP contribution in [-0.4, -0.2) is 37.1 Å².